The number of ether oxygens (including phenoxy) is 2. The van der Waals surface area contributed by atoms with Gasteiger partial charge in [0.2, 0.25) is 10.0 Å². The fraction of sp³-hybridized carbons (Fsp3) is 0.357. The molecule has 0 aliphatic rings. The molecule has 0 aliphatic carbocycles. The zero-order valence-electron chi connectivity index (χ0n) is 12.7. The maximum Gasteiger partial charge on any atom is 0.244 e. The van der Waals surface area contributed by atoms with Crippen molar-refractivity contribution in [3.8, 4) is 11.5 Å². The van der Waals surface area contributed by atoms with Crippen LogP contribution < -0.4 is 14.2 Å². The second-order valence-corrected chi connectivity index (χ2v) is 6.42. The zero-order valence-corrected chi connectivity index (χ0v) is 13.6. The Bertz CT molecular complexity index is 740. The predicted molar refractivity (Wildman–Crippen MR) is 81.6 cm³/mol. The van der Waals surface area contributed by atoms with Gasteiger partial charge in [-0.1, -0.05) is 0 Å². The molecule has 2 aromatic rings. The van der Waals surface area contributed by atoms with E-state index in [2.05, 4.69) is 9.82 Å². The standard InChI is InChI=1S/C14H19N3O4S/c1-17-10-11(9-15-17)6-7-16-22(18,19)14-8-12(20-2)4-5-13(14)21-3/h4-5,8-10,16H,6-7H2,1-3H3. The molecule has 0 spiro atoms. The number of sulfonamides is 1. The van der Waals surface area contributed by atoms with Crippen LogP contribution in [0.25, 0.3) is 0 Å². The third-order valence-corrected chi connectivity index (χ3v) is 4.61. The summed E-state index contributed by atoms with van der Waals surface area (Å²) in [4.78, 5) is 0.0561. The van der Waals surface area contributed by atoms with Crippen LogP contribution in [0.3, 0.4) is 0 Å². The third-order valence-electron chi connectivity index (χ3n) is 3.12. The molecular weight excluding hydrogens is 306 g/mol. The summed E-state index contributed by atoms with van der Waals surface area (Å²) in [5.74, 6) is 0.725. The Hall–Kier alpha value is -2.06. The lowest BCUT2D eigenvalue weighted by molar-refractivity contribution is 0.392. The molecule has 0 radical (unpaired) electrons. The van der Waals surface area contributed by atoms with Gasteiger partial charge in [-0.3, -0.25) is 4.68 Å². The van der Waals surface area contributed by atoms with Gasteiger partial charge >= 0.3 is 0 Å². The van der Waals surface area contributed by atoms with E-state index in [0.717, 1.165) is 5.56 Å². The molecule has 0 unspecified atom stereocenters. The first-order valence-electron chi connectivity index (χ1n) is 6.65. The highest BCUT2D eigenvalue weighted by Crippen LogP contribution is 2.27. The minimum Gasteiger partial charge on any atom is -0.497 e. The van der Waals surface area contributed by atoms with Gasteiger partial charge in [0.15, 0.2) is 0 Å². The first-order chi connectivity index (χ1) is 10.5. The van der Waals surface area contributed by atoms with Gasteiger partial charge in [-0.15, -0.1) is 0 Å². The Labute approximate surface area is 129 Å². The Morgan fingerprint density at radius 2 is 2.05 bits per heavy atom. The minimum absolute atomic E-state index is 0.0561. The van der Waals surface area contributed by atoms with Gasteiger partial charge in [0.25, 0.3) is 0 Å². The number of hydrogen-bond acceptors (Lipinski definition) is 5. The van der Waals surface area contributed by atoms with Crippen molar-refractivity contribution in [2.24, 2.45) is 7.05 Å². The topological polar surface area (TPSA) is 82.4 Å². The van der Waals surface area contributed by atoms with E-state index in [0.29, 0.717) is 12.2 Å². The van der Waals surface area contributed by atoms with Crippen molar-refractivity contribution in [2.45, 2.75) is 11.3 Å². The molecule has 120 valence electrons. The molecule has 1 N–H and O–H groups in total. The Kier molecular flexibility index (Phi) is 5.04. The van der Waals surface area contributed by atoms with Gasteiger partial charge in [0, 0.05) is 25.9 Å². The highest BCUT2D eigenvalue weighted by Gasteiger charge is 2.20. The van der Waals surface area contributed by atoms with Crippen LogP contribution in [0.4, 0.5) is 0 Å². The number of rotatable bonds is 7. The lowest BCUT2D eigenvalue weighted by Gasteiger charge is -2.11. The molecule has 1 aromatic carbocycles. The van der Waals surface area contributed by atoms with E-state index in [4.69, 9.17) is 9.47 Å². The number of aryl methyl sites for hydroxylation is 1. The molecule has 2 rings (SSSR count). The number of nitrogens with zero attached hydrogens (tertiary/aromatic N) is 2. The number of hydrogen-bond donors (Lipinski definition) is 1. The normalized spacial score (nSPS) is 11.4. The lowest BCUT2D eigenvalue weighted by atomic mass is 10.3. The van der Waals surface area contributed by atoms with E-state index in [1.807, 2.05) is 13.2 Å². The van der Waals surface area contributed by atoms with Crippen LogP contribution >= 0.6 is 0 Å². The van der Waals surface area contributed by atoms with Crippen molar-refractivity contribution in [3.05, 3.63) is 36.2 Å². The molecule has 0 fully saturated rings. The number of nitrogens with one attached hydrogen (secondary N) is 1. The quantitative estimate of drug-likeness (QED) is 0.820. The monoisotopic (exact) mass is 325 g/mol. The summed E-state index contributed by atoms with van der Waals surface area (Å²) >= 11 is 0. The maximum absolute atomic E-state index is 12.4. The first kappa shape index (κ1) is 16.3. The molecule has 0 aliphatic heterocycles. The lowest BCUT2D eigenvalue weighted by Crippen LogP contribution is -2.26. The second kappa shape index (κ2) is 6.80. The molecule has 0 atom stereocenters. The Balaban J connectivity index is 2.12. The second-order valence-electron chi connectivity index (χ2n) is 4.69. The average molecular weight is 325 g/mol. The molecule has 8 heteroatoms. The summed E-state index contributed by atoms with van der Waals surface area (Å²) in [6.45, 7) is 0.272. The highest BCUT2D eigenvalue weighted by atomic mass is 32.2. The van der Waals surface area contributed by atoms with Crippen LogP contribution in [-0.4, -0.2) is 39.0 Å². The van der Waals surface area contributed by atoms with E-state index in [-0.39, 0.29) is 17.2 Å². The molecular formula is C14H19N3O4S. The average Bonchev–Trinajstić information content (AvgIpc) is 2.91. The van der Waals surface area contributed by atoms with Crippen LogP contribution in [0.15, 0.2) is 35.5 Å². The van der Waals surface area contributed by atoms with E-state index in [1.165, 1.54) is 20.3 Å². The Morgan fingerprint density at radius 1 is 1.27 bits per heavy atom. The van der Waals surface area contributed by atoms with Crippen LogP contribution in [-0.2, 0) is 23.5 Å². The van der Waals surface area contributed by atoms with Crippen LogP contribution in [0.5, 0.6) is 11.5 Å². The van der Waals surface area contributed by atoms with Crippen LogP contribution in [0, 0.1) is 0 Å². The van der Waals surface area contributed by atoms with E-state index >= 15 is 0 Å². The van der Waals surface area contributed by atoms with E-state index in [9.17, 15) is 8.42 Å². The van der Waals surface area contributed by atoms with Gasteiger partial charge in [0.05, 0.1) is 20.4 Å². The van der Waals surface area contributed by atoms with Gasteiger partial charge in [0.1, 0.15) is 16.4 Å². The molecule has 0 saturated carbocycles. The molecule has 0 bridgehead atoms. The van der Waals surface area contributed by atoms with Crippen molar-refractivity contribution in [1.29, 1.82) is 0 Å². The molecule has 1 aromatic heterocycles. The van der Waals surface area contributed by atoms with Crippen molar-refractivity contribution in [1.82, 2.24) is 14.5 Å². The first-order valence-corrected chi connectivity index (χ1v) is 8.14. The van der Waals surface area contributed by atoms with E-state index < -0.39 is 10.0 Å². The molecule has 7 nitrogen and oxygen atoms in total. The van der Waals surface area contributed by atoms with Crippen LogP contribution in [0.1, 0.15) is 5.56 Å². The predicted octanol–water partition coefficient (Wildman–Crippen LogP) is 0.958. The number of methoxy groups -OCH3 is 2. The van der Waals surface area contributed by atoms with Crippen molar-refractivity contribution in [3.63, 3.8) is 0 Å². The van der Waals surface area contributed by atoms with Gasteiger partial charge in [-0.25, -0.2) is 13.1 Å². The third kappa shape index (κ3) is 3.77. The summed E-state index contributed by atoms with van der Waals surface area (Å²) in [6.07, 6.45) is 4.11. The number of aromatic nitrogens is 2. The highest BCUT2D eigenvalue weighted by molar-refractivity contribution is 7.89. The zero-order chi connectivity index (χ0) is 16.2. The van der Waals surface area contributed by atoms with Gasteiger partial charge in [-0.05, 0) is 24.1 Å². The summed E-state index contributed by atoms with van der Waals surface area (Å²) in [6, 6.07) is 4.65. The fourth-order valence-electron chi connectivity index (χ4n) is 2.00. The number of benzene rings is 1. The summed E-state index contributed by atoms with van der Waals surface area (Å²) in [5, 5.41) is 4.04. The van der Waals surface area contributed by atoms with Crippen LogP contribution in [0.2, 0.25) is 0 Å². The fourth-order valence-corrected chi connectivity index (χ4v) is 3.22. The molecule has 0 amide bonds. The van der Waals surface area contributed by atoms with Gasteiger partial charge < -0.3 is 9.47 Å². The summed E-state index contributed by atoms with van der Waals surface area (Å²) in [5.41, 5.74) is 0.961. The van der Waals surface area contributed by atoms with Gasteiger partial charge in [-0.2, -0.15) is 5.10 Å². The minimum atomic E-state index is -3.68. The summed E-state index contributed by atoms with van der Waals surface area (Å²) in [7, 11) is 1.04. The maximum atomic E-state index is 12.4. The molecule has 1 heterocycles. The Morgan fingerprint density at radius 3 is 2.64 bits per heavy atom. The largest absolute Gasteiger partial charge is 0.497 e. The molecule has 22 heavy (non-hydrogen) atoms. The smallest absolute Gasteiger partial charge is 0.244 e. The van der Waals surface area contributed by atoms with Crippen molar-refractivity contribution < 1.29 is 17.9 Å². The van der Waals surface area contributed by atoms with E-state index in [1.54, 1.807) is 23.0 Å². The summed E-state index contributed by atoms with van der Waals surface area (Å²) < 4.78 is 39.2. The molecule has 0 saturated heterocycles. The van der Waals surface area contributed by atoms with Crippen molar-refractivity contribution in [2.75, 3.05) is 20.8 Å². The SMILES string of the molecule is COc1ccc(OC)c(S(=O)(=O)NCCc2cnn(C)c2)c1. The van der Waals surface area contributed by atoms with Crippen molar-refractivity contribution >= 4 is 10.0 Å².